The van der Waals surface area contributed by atoms with Gasteiger partial charge in [-0.05, 0) is 81.3 Å². The lowest BCUT2D eigenvalue weighted by molar-refractivity contribution is 0.265. The molecular formula is C20H26N2O. The summed E-state index contributed by atoms with van der Waals surface area (Å²) >= 11 is 0. The second kappa shape index (κ2) is 6.88. The third kappa shape index (κ3) is 3.20. The van der Waals surface area contributed by atoms with Crippen LogP contribution in [0.4, 0.5) is 0 Å². The molecule has 0 saturated carbocycles. The number of pyridine rings is 1. The Morgan fingerprint density at radius 3 is 2.83 bits per heavy atom. The van der Waals surface area contributed by atoms with E-state index in [9.17, 15) is 0 Å². The van der Waals surface area contributed by atoms with Crippen molar-refractivity contribution in [3.63, 3.8) is 0 Å². The maximum Gasteiger partial charge on any atom is 0.128 e. The normalized spacial score (nSPS) is 18.3. The average molecular weight is 310 g/mol. The van der Waals surface area contributed by atoms with E-state index in [-0.39, 0.29) is 0 Å². The molecule has 1 fully saturated rings. The van der Waals surface area contributed by atoms with E-state index >= 15 is 0 Å². The Morgan fingerprint density at radius 2 is 1.91 bits per heavy atom. The topological polar surface area (TPSA) is 25.4 Å². The van der Waals surface area contributed by atoms with Crippen molar-refractivity contribution in [2.45, 2.75) is 44.9 Å². The van der Waals surface area contributed by atoms with Crippen molar-refractivity contribution < 1.29 is 4.74 Å². The van der Waals surface area contributed by atoms with E-state index in [0.717, 1.165) is 24.3 Å². The standard InChI is InChI=1S/C20H26N2O/c1-2-8-17-16(7-1)15-21-18-9-5-10-19(20(17)18)23-14-6-13-22-11-3-4-12-22/h5,9-10,15H,1-4,6-8,11-14H2. The number of rotatable bonds is 5. The molecule has 3 nitrogen and oxygen atoms in total. The van der Waals surface area contributed by atoms with E-state index in [4.69, 9.17) is 4.74 Å². The molecule has 1 aliphatic carbocycles. The molecule has 23 heavy (non-hydrogen) atoms. The van der Waals surface area contributed by atoms with Gasteiger partial charge in [0, 0.05) is 18.1 Å². The van der Waals surface area contributed by atoms with E-state index in [1.165, 1.54) is 74.7 Å². The van der Waals surface area contributed by atoms with Gasteiger partial charge >= 0.3 is 0 Å². The molecule has 0 atom stereocenters. The van der Waals surface area contributed by atoms with Crippen LogP contribution in [0, 0.1) is 0 Å². The smallest absolute Gasteiger partial charge is 0.128 e. The molecule has 1 saturated heterocycles. The van der Waals surface area contributed by atoms with Crippen molar-refractivity contribution in [2.24, 2.45) is 0 Å². The molecular weight excluding hydrogens is 284 g/mol. The molecule has 2 heterocycles. The zero-order valence-electron chi connectivity index (χ0n) is 13.9. The van der Waals surface area contributed by atoms with Crippen molar-refractivity contribution in [1.29, 1.82) is 0 Å². The van der Waals surface area contributed by atoms with Gasteiger partial charge in [-0.2, -0.15) is 0 Å². The monoisotopic (exact) mass is 310 g/mol. The summed E-state index contributed by atoms with van der Waals surface area (Å²) in [5, 5.41) is 1.27. The first-order chi connectivity index (χ1) is 11.4. The Labute approximate surface area is 138 Å². The summed E-state index contributed by atoms with van der Waals surface area (Å²) in [6.45, 7) is 4.51. The molecule has 0 N–H and O–H groups in total. The highest BCUT2D eigenvalue weighted by molar-refractivity contribution is 5.89. The summed E-state index contributed by atoms with van der Waals surface area (Å²) in [6, 6.07) is 6.30. The molecule has 1 aromatic heterocycles. The quantitative estimate of drug-likeness (QED) is 0.781. The highest BCUT2D eigenvalue weighted by Crippen LogP contribution is 2.33. The molecule has 1 aliphatic heterocycles. The third-order valence-corrected chi connectivity index (χ3v) is 5.25. The van der Waals surface area contributed by atoms with Gasteiger partial charge in [0.2, 0.25) is 0 Å². The van der Waals surface area contributed by atoms with E-state index in [1.807, 2.05) is 0 Å². The zero-order chi connectivity index (χ0) is 15.5. The van der Waals surface area contributed by atoms with Crippen LogP contribution in [0.25, 0.3) is 10.9 Å². The number of fused-ring (bicyclic) bond motifs is 3. The molecule has 0 unspecified atom stereocenters. The zero-order valence-corrected chi connectivity index (χ0v) is 13.9. The fourth-order valence-corrected chi connectivity index (χ4v) is 4.03. The van der Waals surface area contributed by atoms with Gasteiger partial charge in [0.25, 0.3) is 0 Å². The van der Waals surface area contributed by atoms with Gasteiger partial charge in [-0.25, -0.2) is 0 Å². The minimum absolute atomic E-state index is 0.805. The molecule has 3 heteroatoms. The van der Waals surface area contributed by atoms with Crippen molar-refractivity contribution in [3.05, 3.63) is 35.5 Å². The summed E-state index contributed by atoms with van der Waals surface area (Å²) in [5.74, 6) is 1.04. The van der Waals surface area contributed by atoms with Crippen LogP contribution in [-0.4, -0.2) is 36.1 Å². The van der Waals surface area contributed by atoms with E-state index in [2.05, 4.69) is 34.3 Å². The summed E-state index contributed by atoms with van der Waals surface area (Å²) < 4.78 is 6.18. The molecule has 0 amide bonds. The van der Waals surface area contributed by atoms with Crippen LogP contribution in [0.15, 0.2) is 24.4 Å². The van der Waals surface area contributed by atoms with Crippen molar-refractivity contribution in [3.8, 4) is 5.75 Å². The first-order valence-electron chi connectivity index (χ1n) is 9.16. The Balaban J connectivity index is 1.50. The van der Waals surface area contributed by atoms with Crippen LogP contribution in [0.5, 0.6) is 5.75 Å². The van der Waals surface area contributed by atoms with Gasteiger partial charge in [-0.15, -0.1) is 0 Å². The number of likely N-dealkylation sites (tertiary alicyclic amines) is 1. The van der Waals surface area contributed by atoms with Gasteiger partial charge in [0.05, 0.1) is 12.1 Å². The van der Waals surface area contributed by atoms with Crippen LogP contribution < -0.4 is 4.74 Å². The van der Waals surface area contributed by atoms with Gasteiger partial charge < -0.3 is 9.64 Å². The number of hydrogen-bond donors (Lipinski definition) is 0. The molecule has 4 rings (SSSR count). The van der Waals surface area contributed by atoms with Crippen LogP contribution in [0.2, 0.25) is 0 Å². The first kappa shape index (κ1) is 14.9. The van der Waals surface area contributed by atoms with Gasteiger partial charge in [0.15, 0.2) is 0 Å². The first-order valence-corrected chi connectivity index (χ1v) is 9.16. The predicted molar refractivity (Wildman–Crippen MR) is 94.2 cm³/mol. The highest BCUT2D eigenvalue weighted by atomic mass is 16.5. The summed E-state index contributed by atoms with van der Waals surface area (Å²) in [5.41, 5.74) is 4.00. The lowest BCUT2D eigenvalue weighted by atomic mass is 9.90. The maximum atomic E-state index is 6.18. The van der Waals surface area contributed by atoms with Crippen molar-refractivity contribution in [1.82, 2.24) is 9.88 Å². The van der Waals surface area contributed by atoms with E-state index < -0.39 is 0 Å². The Bertz CT molecular complexity index is 677. The van der Waals surface area contributed by atoms with Crippen LogP contribution in [0.3, 0.4) is 0 Å². The third-order valence-electron chi connectivity index (χ3n) is 5.25. The van der Waals surface area contributed by atoms with Gasteiger partial charge in [-0.1, -0.05) is 6.07 Å². The fraction of sp³-hybridized carbons (Fsp3) is 0.550. The van der Waals surface area contributed by atoms with Crippen LogP contribution in [0.1, 0.15) is 43.2 Å². The molecule has 2 aliphatic rings. The fourth-order valence-electron chi connectivity index (χ4n) is 4.03. The molecule has 0 spiro atoms. The second-order valence-electron chi connectivity index (χ2n) is 6.87. The molecule has 2 aromatic rings. The molecule has 1 aromatic carbocycles. The number of nitrogens with zero attached hydrogens (tertiary/aromatic N) is 2. The largest absolute Gasteiger partial charge is 0.493 e. The van der Waals surface area contributed by atoms with E-state index in [1.54, 1.807) is 0 Å². The Hall–Kier alpha value is -1.61. The summed E-state index contributed by atoms with van der Waals surface area (Å²) in [4.78, 5) is 7.21. The minimum atomic E-state index is 0.805. The number of aryl methyl sites for hydroxylation is 2. The molecule has 122 valence electrons. The number of ether oxygens (including phenoxy) is 1. The predicted octanol–water partition coefficient (Wildman–Crippen LogP) is 3.98. The maximum absolute atomic E-state index is 6.18. The van der Waals surface area contributed by atoms with Gasteiger partial charge in [-0.3, -0.25) is 4.98 Å². The lowest BCUT2D eigenvalue weighted by Crippen LogP contribution is -2.22. The SMILES string of the molecule is c1cc(OCCCN2CCCC2)c2c3c(cnc2c1)CCCC3. The van der Waals surface area contributed by atoms with Crippen molar-refractivity contribution in [2.75, 3.05) is 26.2 Å². The number of aromatic nitrogens is 1. The van der Waals surface area contributed by atoms with E-state index in [0.29, 0.717) is 0 Å². The minimum Gasteiger partial charge on any atom is -0.493 e. The number of benzene rings is 1. The highest BCUT2D eigenvalue weighted by Gasteiger charge is 2.16. The summed E-state index contributed by atoms with van der Waals surface area (Å²) in [6.07, 6.45) is 10.8. The number of hydrogen-bond acceptors (Lipinski definition) is 3. The average Bonchev–Trinajstić information content (AvgIpc) is 3.12. The molecule has 0 radical (unpaired) electrons. The molecule has 0 bridgehead atoms. The van der Waals surface area contributed by atoms with Crippen molar-refractivity contribution >= 4 is 10.9 Å². The Morgan fingerprint density at radius 1 is 1.04 bits per heavy atom. The second-order valence-corrected chi connectivity index (χ2v) is 6.87. The lowest BCUT2D eigenvalue weighted by Gasteiger charge is -2.20. The van der Waals surface area contributed by atoms with Gasteiger partial charge in [0.1, 0.15) is 5.75 Å². The summed E-state index contributed by atoms with van der Waals surface area (Å²) in [7, 11) is 0. The van der Waals surface area contributed by atoms with Crippen LogP contribution >= 0.6 is 0 Å². The van der Waals surface area contributed by atoms with Crippen LogP contribution in [-0.2, 0) is 12.8 Å². The Kier molecular flexibility index (Phi) is 4.47.